The van der Waals surface area contributed by atoms with E-state index in [1.807, 2.05) is 29.2 Å². The lowest BCUT2D eigenvalue weighted by molar-refractivity contribution is -0.136. The number of likely N-dealkylation sites (tertiary alicyclic amines) is 1. The number of carbonyl (C=O) groups excluding carboxylic acids is 1. The van der Waals surface area contributed by atoms with Crippen molar-refractivity contribution in [2.24, 2.45) is 23.7 Å². The summed E-state index contributed by atoms with van der Waals surface area (Å²) in [5, 5.41) is 0.762. The average Bonchev–Trinajstić information content (AvgIpc) is 2.82. The molecular weight excluding hydrogens is 446 g/mol. The number of hydrogen-bond donors (Lipinski definition) is 0. The third-order valence-corrected chi connectivity index (χ3v) is 7.64. The van der Waals surface area contributed by atoms with Crippen molar-refractivity contribution in [3.05, 3.63) is 64.7 Å². The zero-order valence-electron chi connectivity index (χ0n) is 20.9. The maximum atomic E-state index is 12.8. The third kappa shape index (κ3) is 6.14. The fraction of sp³-hybridized carbons (Fsp3) is 0.552. The molecule has 2 aromatic carbocycles. The second-order valence-electron chi connectivity index (χ2n) is 10.8. The van der Waals surface area contributed by atoms with Crippen LogP contribution in [0.15, 0.2) is 48.5 Å². The van der Waals surface area contributed by atoms with Crippen molar-refractivity contribution in [3.8, 4) is 5.75 Å². The van der Waals surface area contributed by atoms with E-state index < -0.39 is 0 Å². The molecule has 2 aliphatic rings. The van der Waals surface area contributed by atoms with Gasteiger partial charge in [-0.05, 0) is 71.9 Å². The summed E-state index contributed by atoms with van der Waals surface area (Å²) in [5.41, 5.74) is 2.41. The predicted molar refractivity (Wildman–Crippen MR) is 137 cm³/mol. The Bertz CT molecular complexity index is 950. The number of nitrogens with zero attached hydrogens (tertiary/aromatic N) is 1. The van der Waals surface area contributed by atoms with Gasteiger partial charge in [-0.15, -0.1) is 0 Å². The van der Waals surface area contributed by atoms with Crippen molar-refractivity contribution < 1.29 is 14.3 Å². The van der Waals surface area contributed by atoms with E-state index in [4.69, 9.17) is 21.1 Å². The molecule has 5 heteroatoms. The Hall–Kier alpha value is -2.04. The quantitative estimate of drug-likeness (QED) is 0.456. The smallest absolute Gasteiger partial charge is 0.260 e. The summed E-state index contributed by atoms with van der Waals surface area (Å²) in [7, 11) is 0. The molecule has 0 bridgehead atoms. The van der Waals surface area contributed by atoms with Gasteiger partial charge < -0.3 is 14.4 Å². The zero-order valence-corrected chi connectivity index (χ0v) is 21.6. The van der Waals surface area contributed by atoms with Gasteiger partial charge in [-0.25, -0.2) is 0 Å². The second-order valence-corrected chi connectivity index (χ2v) is 11.2. The Balaban J connectivity index is 1.41. The number of ether oxygens (including phenoxy) is 2. The molecule has 0 N–H and O–H groups in total. The van der Waals surface area contributed by atoms with Gasteiger partial charge in [0.1, 0.15) is 5.75 Å². The molecular formula is C29H38ClNO3. The normalized spacial score (nSPS) is 27.6. The summed E-state index contributed by atoms with van der Waals surface area (Å²) >= 11 is 6.08. The molecule has 0 aromatic heterocycles. The predicted octanol–water partition coefficient (Wildman–Crippen LogP) is 6.74. The Kier molecular flexibility index (Phi) is 8.21. The van der Waals surface area contributed by atoms with Crippen LogP contribution in [0, 0.1) is 23.7 Å². The first-order chi connectivity index (χ1) is 16.3. The van der Waals surface area contributed by atoms with E-state index in [-0.39, 0.29) is 18.6 Å². The summed E-state index contributed by atoms with van der Waals surface area (Å²) in [6.45, 7) is 11.4. The van der Waals surface area contributed by atoms with E-state index in [2.05, 4.69) is 52.0 Å². The Morgan fingerprint density at radius 2 is 1.76 bits per heavy atom. The van der Waals surface area contributed by atoms with Crippen LogP contribution in [0.2, 0.25) is 5.02 Å². The molecule has 2 fully saturated rings. The van der Waals surface area contributed by atoms with Crippen molar-refractivity contribution in [2.75, 3.05) is 26.3 Å². The van der Waals surface area contributed by atoms with Gasteiger partial charge in [0.2, 0.25) is 0 Å². The summed E-state index contributed by atoms with van der Waals surface area (Å²) in [5.74, 6) is 3.14. The topological polar surface area (TPSA) is 38.8 Å². The Labute approximate surface area is 209 Å². The van der Waals surface area contributed by atoms with E-state index in [1.165, 1.54) is 12.0 Å². The highest BCUT2D eigenvalue weighted by atomic mass is 35.5. The minimum atomic E-state index is 0.0200. The molecule has 184 valence electrons. The van der Waals surface area contributed by atoms with Crippen LogP contribution in [-0.4, -0.2) is 37.1 Å². The Morgan fingerprint density at radius 1 is 1.06 bits per heavy atom. The first-order valence-corrected chi connectivity index (χ1v) is 13.1. The van der Waals surface area contributed by atoms with Gasteiger partial charge in [0, 0.05) is 24.0 Å². The molecule has 2 heterocycles. The number of benzene rings is 2. The third-order valence-electron chi connectivity index (χ3n) is 7.39. The van der Waals surface area contributed by atoms with Crippen LogP contribution < -0.4 is 4.74 Å². The highest BCUT2D eigenvalue weighted by molar-refractivity contribution is 6.30. The highest BCUT2D eigenvalue weighted by Crippen LogP contribution is 2.44. The minimum Gasteiger partial charge on any atom is -0.484 e. The maximum Gasteiger partial charge on any atom is 0.260 e. The molecule has 0 saturated carbocycles. The summed E-state index contributed by atoms with van der Waals surface area (Å²) in [6, 6.07) is 16.3. The number of hydrogen-bond acceptors (Lipinski definition) is 3. The van der Waals surface area contributed by atoms with Crippen LogP contribution in [0.5, 0.6) is 5.75 Å². The zero-order chi connectivity index (χ0) is 24.2. The molecule has 2 saturated heterocycles. The van der Waals surface area contributed by atoms with E-state index in [0.717, 1.165) is 35.8 Å². The van der Waals surface area contributed by atoms with Gasteiger partial charge in [0.15, 0.2) is 6.61 Å². The van der Waals surface area contributed by atoms with Crippen LogP contribution in [-0.2, 0) is 9.53 Å². The van der Waals surface area contributed by atoms with Crippen molar-refractivity contribution in [2.45, 2.75) is 52.6 Å². The molecule has 4 rings (SSSR count). The van der Waals surface area contributed by atoms with Gasteiger partial charge in [0.25, 0.3) is 5.91 Å². The SMILES string of the molecule is CC(C)[C@@H]1C[C@H](c2ccc(Cl)cc2)CO[C@H]1c1cccc(OCC(=O)N2C[C@H](C)C[C@@H](C)C2)c1. The molecule has 0 aliphatic carbocycles. The summed E-state index contributed by atoms with van der Waals surface area (Å²) in [4.78, 5) is 14.7. The number of carbonyl (C=O) groups is 1. The number of piperidine rings is 1. The lowest BCUT2D eigenvalue weighted by Crippen LogP contribution is -2.44. The van der Waals surface area contributed by atoms with Gasteiger partial charge in [0.05, 0.1) is 12.7 Å². The van der Waals surface area contributed by atoms with Gasteiger partial charge in [-0.2, -0.15) is 0 Å². The fourth-order valence-corrected chi connectivity index (χ4v) is 5.81. The first-order valence-electron chi connectivity index (χ1n) is 12.7. The highest BCUT2D eigenvalue weighted by Gasteiger charge is 2.35. The summed E-state index contributed by atoms with van der Waals surface area (Å²) in [6.07, 6.45) is 2.27. The molecule has 0 radical (unpaired) electrons. The second kappa shape index (κ2) is 11.1. The molecule has 34 heavy (non-hydrogen) atoms. The van der Waals surface area contributed by atoms with E-state index >= 15 is 0 Å². The molecule has 2 aliphatic heterocycles. The number of amides is 1. The van der Waals surface area contributed by atoms with E-state index in [0.29, 0.717) is 36.2 Å². The van der Waals surface area contributed by atoms with Crippen molar-refractivity contribution in [1.29, 1.82) is 0 Å². The van der Waals surface area contributed by atoms with Crippen molar-refractivity contribution in [3.63, 3.8) is 0 Å². The molecule has 4 nitrogen and oxygen atoms in total. The van der Waals surface area contributed by atoms with Crippen LogP contribution in [0.4, 0.5) is 0 Å². The maximum absolute atomic E-state index is 12.8. The van der Waals surface area contributed by atoms with E-state index in [9.17, 15) is 4.79 Å². The van der Waals surface area contributed by atoms with Crippen LogP contribution >= 0.6 is 11.6 Å². The summed E-state index contributed by atoms with van der Waals surface area (Å²) < 4.78 is 12.4. The van der Waals surface area contributed by atoms with Crippen LogP contribution in [0.3, 0.4) is 0 Å². The van der Waals surface area contributed by atoms with Crippen molar-refractivity contribution >= 4 is 17.5 Å². The number of rotatable bonds is 6. The molecule has 2 aromatic rings. The number of halogens is 1. The van der Waals surface area contributed by atoms with Gasteiger partial charge in [-0.3, -0.25) is 4.79 Å². The Morgan fingerprint density at radius 3 is 2.44 bits per heavy atom. The average molecular weight is 484 g/mol. The van der Waals surface area contributed by atoms with E-state index in [1.54, 1.807) is 0 Å². The standard InChI is InChI=1S/C29H38ClNO3/c1-19(2)27-14-24(22-8-10-25(30)11-9-22)17-34-29(27)23-6-5-7-26(13-23)33-18-28(32)31-15-20(3)12-21(4)16-31/h5-11,13,19-21,24,27,29H,12,14-18H2,1-4H3/t20-,21-,24+,27+,29+/m1/s1. The molecule has 1 amide bonds. The van der Waals surface area contributed by atoms with Crippen LogP contribution in [0.1, 0.15) is 63.7 Å². The molecule has 0 spiro atoms. The lowest BCUT2D eigenvalue weighted by atomic mass is 9.76. The van der Waals surface area contributed by atoms with Gasteiger partial charge in [-0.1, -0.05) is 63.6 Å². The fourth-order valence-electron chi connectivity index (χ4n) is 5.68. The lowest BCUT2D eigenvalue weighted by Gasteiger charge is -2.39. The minimum absolute atomic E-state index is 0.0200. The van der Waals surface area contributed by atoms with Gasteiger partial charge >= 0.3 is 0 Å². The molecule has 0 unspecified atom stereocenters. The largest absolute Gasteiger partial charge is 0.484 e. The first kappa shape index (κ1) is 25.1. The monoisotopic (exact) mass is 483 g/mol. The van der Waals surface area contributed by atoms with Crippen molar-refractivity contribution in [1.82, 2.24) is 4.90 Å². The van der Waals surface area contributed by atoms with Crippen LogP contribution in [0.25, 0.3) is 0 Å². The molecule has 5 atom stereocenters.